The van der Waals surface area contributed by atoms with Gasteiger partial charge < -0.3 is 16.0 Å². The molecule has 0 spiro atoms. The van der Waals surface area contributed by atoms with Gasteiger partial charge in [-0.3, -0.25) is 9.59 Å². The van der Waals surface area contributed by atoms with Crippen LogP contribution in [-0.4, -0.2) is 39.6 Å². The SMILES string of the molecule is C=CC(=O)N1CCC(Nc2ccc3c(C(F)(F)F)n(CC(N)=O)nc3c2)(c2c(F)ccc(Cl)c2Cl)C1. The summed E-state index contributed by atoms with van der Waals surface area (Å²) in [5, 5.41) is 6.87. The van der Waals surface area contributed by atoms with Gasteiger partial charge in [0.1, 0.15) is 12.4 Å². The molecule has 190 valence electrons. The molecule has 1 fully saturated rings. The van der Waals surface area contributed by atoms with Crippen LogP contribution in [0.1, 0.15) is 17.7 Å². The highest BCUT2D eigenvalue weighted by Gasteiger charge is 2.45. The van der Waals surface area contributed by atoms with Crippen LogP contribution in [0.15, 0.2) is 43.0 Å². The van der Waals surface area contributed by atoms with Gasteiger partial charge in [0.05, 0.1) is 21.1 Å². The topological polar surface area (TPSA) is 93.3 Å². The molecule has 1 saturated heterocycles. The fraction of sp³-hybridized carbons (Fsp3) is 0.261. The average molecular weight is 544 g/mol. The molecule has 1 aliphatic heterocycles. The average Bonchev–Trinajstić information content (AvgIpc) is 3.37. The first-order valence-corrected chi connectivity index (χ1v) is 11.3. The Morgan fingerprint density at radius 3 is 2.61 bits per heavy atom. The van der Waals surface area contributed by atoms with Crippen LogP contribution in [0.4, 0.5) is 23.2 Å². The largest absolute Gasteiger partial charge is 0.433 e. The van der Waals surface area contributed by atoms with Crippen molar-refractivity contribution in [2.24, 2.45) is 5.73 Å². The van der Waals surface area contributed by atoms with E-state index in [0.29, 0.717) is 4.68 Å². The van der Waals surface area contributed by atoms with E-state index in [4.69, 9.17) is 28.9 Å². The van der Waals surface area contributed by atoms with E-state index in [1.54, 1.807) is 0 Å². The lowest BCUT2D eigenvalue weighted by Crippen LogP contribution is -2.41. The van der Waals surface area contributed by atoms with Crippen molar-refractivity contribution >= 4 is 51.6 Å². The minimum Gasteiger partial charge on any atom is -0.373 e. The summed E-state index contributed by atoms with van der Waals surface area (Å²) in [6.45, 7) is 2.92. The van der Waals surface area contributed by atoms with E-state index >= 15 is 4.39 Å². The number of alkyl halides is 3. The lowest BCUT2D eigenvalue weighted by Gasteiger charge is -2.33. The highest BCUT2D eigenvalue weighted by molar-refractivity contribution is 6.42. The second-order valence-corrected chi connectivity index (χ2v) is 9.13. The molecule has 1 aliphatic rings. The number of likely N-dealkylation sites (tertiary alicyclic amines) is 1. The van der Waals surface area contributed by atoms with Crippen molar-refractivity contribution in [3.05, 3.63) is 70.1 Å². The second-order valence-electron chi connectivity index (χ2n) is 8.34. The summed E-state index contributed by atoms with van der Waals surface area (Å²) in [6, 6.07) is 6.34. The summed E-state index contributed by atoms with van der Waals surface area (Å²) < 4.78 is 56.7. The predicted octanol–water partition coefficient (Wildman–Crippen LogP) is 4.71. The van der Waals surface area contributed by atoms with Crippen molar-refractivity contribution in [2.75, 3.05) is 18.4 Å². The lowest BCUT2D eigenvalue weighted by atomic mass is 9.87. The number of carbonyl (C=O) groups excluding carboxylic acids is 2. The molecule has 0 radical (unpaired) electrons. The number of benzene rings is 2. The number of primary amides is 1. The molecule has 13 heteroatoms. The number of aromatic nitrogens is 2. The van der Waals surface area contributed by atoms with Crippen molar-refractivity contribution in [1.82, 2.24) is 14.7 Å². The van der Waals surface area contributed by atoms with E-state index in [1.165, 1.54) is 29.2 Å². The summed E-state index contributed by atoms with van der Waals surface area (Å²) in [5.74, 6) is -2.04. The van der Waals surface area contributed by atoms with E-state index < -0.39 is 35.7 Å². The smallest absolute Gasteiger partial charge is 0.373 e. The molecule has 2 aromatic carbocycles. The number of carbonyl (C=O) groups is 2. The van der Waals surface area contributed by atoms with Crippen molar-refractivity contribution in [3.8, 4) is 0 Å². The third-order valence-corrected chi connectivity index (χ3v) is 6.78. The summed E-state index contributed by atoms with van der Waals surface area (Å²) in [5.41, 5.74) is 2.94. The number of halogens is 6. The highest BCUT2D eigenvalue weighted by Crippen LogP contribution is 2.44. The van der Waals surface area contributed by atoms with Crippen molar-refractivity contribution in [1.29, 1.82) is 0 Å². The van der Waals surface area contributed by atoms with Gasteiger partial charge in [0.25, 0.3) is 0 Å². The highest BCUT2D eigenvalue weighted by atomic mass is 35.5. The van der Waals surface area contributed by atoms with Crippen LogP contribution in [0.25, 0.3) is 10.9 Å². The van der Waals surface area contributed by atoms with Crippen LogP contribution < -0.4 is 11.1 Å². The van der Waals surface area contributed by atoms with Crippen LogP contribution in [0.3, 0.4) is 0 Å². The molecule has 7 nitrogen and oxygen atoms in total. The molecule has 2 heterocycles. The van der Waals surface area contributed by atoms with Gasteiger partial charge in [0, 0.05) is 29.7 Å². The van der Waals surface area contributed by atoms with Crippen LogP contribution >= 0.6 is 23.2 Å². The number of anilines is 1. The maximum Gasteiger partial charge on any atom is 0.433 e. The maximum absolute atomic E-state index is 15.1. The molecular formula is C23H19Cl2F4N5O2. The predicted molar refractivity (Wildman–Crippen MR) is 127 cm³/mol. The number of hydrogen-bond donors (Lipinski definition) is 2. The number of nitrogens with two attached hydrogens (primary N) is 1. The van der Waals surface area contributed by atoms with Gasteiger partial charge in [-0.1, -0.05) is 29.8 Å². The fourth-order valence-electron chi connectivity index (χ4n) is 4.51. The molecule has 2 amide bonds. The Morgan fingerprint density at radius 2 is 1.97 bits per heavy atom. The molecule has 3 aromatic rings. The minimum absolute atomic E-state index is 0.0171. The Hall–Kier alpha value is -3.31. The van der Waals surface area contributed by atoms with Crippen LogP contribution in [0.5, 0.6) is 0 Å². The number of nitrogens with one attached hydrogen (secondary N) is 1. The van der Waals surface area contributed by atoms with Gasteiger partial charge in [-0.2, -0.15) is 18.3 Å². The standard InChI is InChI=1S/C23H19Cl2F4N5O2/c1-2-18(36)33-8-7-22(11-33,19-15(26)6-5-14(24)20(19)25)31-12-3-4-13-16(9-12)32-34(10-17(30)35)21(13)23(27,28)29/h2-6,9,31H,1,7-8,10-11H2,(H2,30,35). The Bertz CT molecular complexity index is 1390. The third-order valence-electron chi connectivity index (χ3n) is 5.98. The molecular weight excluding hydrogens is 525 g/mol. The number of rotatable bonds is 6. The second kappa shape index (κ2) is 9.29. The summed E-state index contributed by atoms with van der Waals surface area (Å²) >= 11 is 12.6. The summed E-state index contributed by atoms with van der Waals surface area (Å²) in [7, 11) is 0. The Labute approximate surface area is 212 Å². The molecule has 1 aromatic heterocycles. The molecule has 4 rings (SSSR count). The zero-order valence-electron chi connectivity index (χ0n) is 18.5. The number of hydrogen-bond acceptors (Lipinski definition) is 4. The van der Waals surface area contributed by atoms with Crippen LogP contribution in [0.2, 0.25) is 10.0 Å². The molecule has 0 aliphatic carbocycles. The van der Waals surface area contributed by atoms with Gasteiger partial charge in [0.2, 0.25) is 11.8 Å². The van der Waals surface area contributed by atoms with E-state index in [0.717, 1.165) is 12.1 Å². The van der Waals surface area contributed by atoms with Gasteiger partial charge in [0.15, 0.2) is 5.69 Å². The molecule has 1 atom stereocenters. The fourth-order valence-corrected chi connectivity index (χ4v) is 5.00. The Morgan fingerprint density at radius 1 is 1.25 bits per heavy atom. The zero-order chi connectivity index (χ0) is 26.4. The Balaban J connectivity index is 1.83. The van der Waals surface area contributed by atoms with Crippen LogP contribution in [-0.2, 0) is 27.8 Å². The molecule has 36 heavy (non-hydrogen) atoms. The number of amides is 2. The zero-order valence-corrected chi connectivity index (χ0v) is 20.0. The lowest BCUT2D eigenvalue weighted by molar-refractivity contribution is -0.143. The first kappa shape index (κ1) is 25.8. The molecule has 0 bridgehead atoms. The maximum atomic E-state index is 15.1. The van der Waals surface area contributed by atoms with Crippen molar-refractivity contribution < 1.29 is 27.2 Å². The van der Waals surface area contributed by atoms with Crippen molar-refractivity contribution in [3.63, 3.8) is 0 Å². The molecule has 3 N–H and O–H groups in total. The molecule has 0 saturated carbocycles. The van der Waals surface area contributed by atoms with E-state index in [-0.39, 0.29) is 57.6 Å². The third kappa shape index (κ3) is 4.60. The number of fused-ring (bicyclic) bond motifs is 1. The monoisotopic (exact) mass is 543 g/mol. The van der Waals surface area contributed by atoms with Crippen molar-refractivity contribution in [2.45, 2.75) is 24.7 Å². The van der Waals surface area contributed by atoms with Gasteiger partial charge >= 0.3 is 6.18 Å². The Kier molecular flexibility index (Phi) is 6.65. The van der Waals surface area contributed by atoms with Gasteiger partial charge in [-0.05, 0) is 42.8 Å². The molecule has 1 unspecified atom stereocenters. The quantitative estimate of drug-likeness (QED) is 0.267. The van der Waals surface area contributed by atoms with Gasteiger partial charge in [-0.25, -0.2) is 9.07 Å². The number of nitrogens with zero attached hydrogens (tertiary/aromatic N) is 3. The summed E-state index contributed by atoms with van der Waals surface area (Å²) in [6.07, 6.45) is -3.46. The van der Waals surface area contributed by atoms with Gasteiger partial charge in [-0.15, -0.1) is 0 Å². The van der Waals surface area contributed by atoms with Crippen LogP contribution in [0, 0.1) is 5.82 Å². The van der Waals surface area contributed by atoms with E-state index in [9.17, 15) is 22.8 Å². The van der Waals surface area contributed by atoms with E-state index in [2.05, 4.69) is 17.0 Å². The first-order chi connectivity index (χ1) is 16.9. The first-order valence-electron chi connectivity index (χ1n) is 10.6. The summed E-state index contributed by atoms with van der Waals surface area (Å²) in [4.78, 5) is 25.0. The normalized spacial score (nSPS) is 18.0. The van der Waals surface area contributed by atoms with E-state index in [1.807, 2.05) is 0 Å². The minimum atomic E-state index is -4.80.